The first-order chi connectivity index (χ1) is 12.2. The van der Waals surface area contributed by atoms with Gasteiger partial charge >= 0.3 is 10.2 Å². The van der Waals surface area contributed by atoms with Crippen LogP contribution in [0.2, 0.25) is 0 Å². The molecule has 140 valence electrons. The number of hydrogen-bond acceptors (Lipinski definition) is 3. The smallest absolute Gasteiger partial charge is 0.304 e. The molecular formula is C17H19F2N3O3S. The Morgan fingerprint density at radius 1 is 1.04 bits per heavy atom. The predicted octanol–water partition coefficient (Wildman–Crippen LogP) is 1.89. The van der Waals surface area contributed by atoms with Crippen molar-refractivity contribution in [3.63, 3.8) is 0 Å². The highest BCUT2D eigenvalue weighted by molar-refractivity contribution is 7.90. The summed E-state index contributed by atoms with van der Waals surface area (Å²) in [6.45, 7) is -0.447. The zero-order valence-electron chi connectivity index (χ0n) is 14.3. The number of carbonyl (C=O) groups is 1. The van der Waals surface area contributed by atoms with Crippen LogP contribution >= 0.6 is 0 Å². The maximum Gasteiger partial charge on any atom is 0.304 e. The van der Waals surface area contributed by atoms with E-state index in [0.29, 0.717) is 5.56 Å². The summed E-state index contributed by atoms with van der Waals surface area (Å²) in [5.74, 6) is -1.53. The first-order valence-electron chi connectivity index (χ1n) is 7.67. The first-order valence-corrected chi connectivity index (χ1v) is 9.07. The Bertz CT molecular complexity index is 871. The lowest BCUT2D eigenvalue weighted by molar-refractivity contribution is -0.119. The molecule has 0 aliphatic heterocycles. The normalized spacial score (nSPS) is 11.4. The maximum absolute atomic E-state index is 13.2. The summed E-state index contributed by atoms with van der Waals surface area (Å²) in [6, 6.07) is 10.5. The summed E-state index contributed by atoms with van der Waals surface area (Å²) in [7, 11) is -1.31. The quantitative estimate of drug-likeness (QED) is 0.794. The number of carbonyl (C=O) groups excluding carboxylic acids is 1. The standard InChI is InChI=1S/C17H19F2N3O3S/c1-21(2)26(24,25)22(16-8-6-14(18)7-9-16)12-17(23)20-11-13-4-3-5-15(19)10-13/h3-10H,11-12H2,1-2H3,(H,20,23). The van der Waals surface area contributed by atoms with E-state index in [9.17, 15) is 22.0 Å². The molecule has 0 bridgehead atoms. The lowest BCUT2D eigenvalue weighted by atomic mass is 10.2. The van der Waals surface area contributed by atoms with E-state index >= 15 is 0 Å². The van der Waals surface area contributed by atoms with Crippen molar-refractivity contribution in [3.8, 4) is 0 Å². The monoisotopic (exact) mass is 383 g/mol. The predicted molar refractivity (Wildman–Crippen MR) is 94.6 cm³/mol. The summed E-state index contributed by atoms with van der Waals surface area (Å²) in [6.07, 6.45) is 0. The van der Waals surface area contributed by atoms with Gasteiger partial charge in [0.05, 0.1) is 5.69 Å². The number of rotatable bonds is 7. The summed E-state index contributed by atoms with van der Waals surface area (Å²) in [5.41, 5.74) is 0.697. The zero-order valence-corrected chi connectivity index (χ0v) is 15.1. The molecule has 2 aromatic rings. The van der Waals surface area contributed by atoms with Crippen LogP contribution in [0.4, 0.5) is 14.5 Å². The van der Waals surface area contributed by atoms with Gasteiger partial charge in [0.2, 0.25) is 5.91 Å². The van der Waals surface area contributed by atoms with Gasteiger partial charge in [-0.15, -0.1) is 0 Å². The number of benzene rings is 2. The van der Waals surface area contributed by atoms with Gasteiger partial charge in [-0.2, -0.15) is 12.7 Å². The second-order valence-corrected chi connectivity index (χ2v) is 7.75. The van der Waals surface area contributed by atoms with Crippen LogP contribution in [0.1, 0.15) is 5.56 Å². The summed E-state index contributed by atoms with van der Waals surface area (Å²) in [4.78, 5) is 12.2. The second kappa shape index (κ2) is 8.24. The molecule has 0 spiro atoms. The Balaban J connectivity index is 2.15. The van der Waals surface area contributed by atoms with Crippen LogP contribution in [0.3, 0.4) is 0 Å². The number of nitrogens with zero attached hydrogens (tertiary/aromatic N) is 2. The number of anilines is 1. The molecule has 9 heteroatoms. The molecule has 0 aliphatic rings. The van der Waals surface area contributed by atoms with E-state index in [1.165, 1.54) is 44.4 Å². The van der Waals surface area contributed by atoms with Gasteiger partial charge in [-0.1, -0.05) is 12.1 Å². The molecule has 2 rings (SSSR count). The minimum Gasteiger partial charge on any atom is -0.350 e. The fourth-order valence-corrected chi connectivity index (χ4v) is 3.21. The van der Waals surface area contributed by atoms with Gasteiger partial charge in [0.15, 0.2) is 0 Å². The minimum absolute atomic E-state index is 0.0515. The highest BCUT2D eigenvalue weighted by Crippen LogP contribution is 2.19. The Labute approximate surface area is 151 Å². The van der Waals surface area contributed by atoms with Crippen LogP contribution in [0.5, 0.6) is 0 Å². The van der Waals surface area contributed by atoms with E-state index in [4.69, 9.17) is 0 Å². The second-order valence-electron chi connectivity index (χ2n) is 5.68. The van der Waals surface area contributed by atoms with Crippen molar-refractivity contribution < 1.29 is 22.0 Å². The fourth-order valence-electron chi connectivity index (χ4n) is 2.14. The van der Waals surface area contributed by atoms with Crippen molar-refractivity contribution in [2.75, 3.05) is 24.9 Å². The van der Waals surface area contributed by atoms with Gasteiger partial charge in [-0.3, -0.25) is 4.79 Å². The Kier molecular flexibility index (Phi) is 6.27. The van der Waals surface area contributed by atoms with E-state index in [1.807, 2.05) is 0 Å². The molecule has 0 aliphatic carbocycles. The van der Waals surface area contributed by atoms with Crippen molar-refractivity contribution in [1.82, 2.24) is 9.62 Å². The van der Waals surface area contributed by atoms with Crippen molar-refractivity contribution in [3.05, 3.63) is 65.7 Å². The molecule has 0 aromatic heterocycles. The highest BCUT2D eigenvalue weighted by Gasteiger charge is 2.27. The van der Waals surface area contributed by atoms with Crippen LogP contribution in [0.25, 0.3) is 0 Å². The van der Waals surface area contributed by atoms with E-state index in [2.05, 4.69) is 5.32 Å². The molecule has 0 fully saturated rings. The number of halogens is 2. The van der Waals surface area contributed by atoms with Gasteiger partial charge < -0.3 is 5.32 Å². The molecule has 0 radical (unpaired) electrons. The van der Waals surface area contributed by atoms with Crippen LogP contribution in [0, 0.1) is 11.6 Å². The Morgan fingerprint density at radius 2 is 1.69 bits per heavy atom. The summed E-state index contributed by atoms with van der Waals surface area (Å²) >= 11 is 0. The molecule has 0 unspecified atom stereocenters. The topological polar surface area (TPSA) is 69.7 Å². The third-order valence-corrected chi connectivity index (χ3v) is 5.34. The van der Waals surface area contributed by atoms with E-state index in [-0.39, 0.29) is 12.2 Å². The van der Waals surface area contributed by atoms with E-state index < -0.39 is 34.3 Å². The minimum atomic E-state index is -3.97. The summed E-state index contributed by atoms with van der Waals surface area (Å²) in [5, 5.41) is 2.54. The first kappa shape index (κ1) is 19.8. The summed E-state index contributed by atoms with van der Waals surface area (Å²) < 4.78 is 53.1. The van der Waals surface area contributed by atoms with Gasteiger partial charge in [0.25, 0.3) is 0 Å². The average molecular weight is 383 g/mol. The Morgan fingerprint density at radius 3 is 2.27 bits per heavy atom. The molecule has 0 atom stereocenters. The van der Waals surface area contributed by atoms with Gasteiger partial charge in [-0.05, 0) is 42.0 Å². The van der Waals surface area contributed by atoms with Crippen LogP contribution in [0.15, 0.2) is 48.5 Å². The van der Waals surface area contributed by atoms with Crippen molar-refractivity contribution in [2.45, 2.75) is 6.54 Å². The highest BCUT2D eigenvalue weighted by atomic mass is 32.2. The van der Waals surface area contributed by atoms with Crippen LogP contribution < -0.4 is 9.62 Å². The van der Waals surface area contributed by atoms with E-state index in [1.54, 1.807) is 6.07 Å². The van der Waals surface area contributed by atoms with Gasteiger partial charge in [0, 0.05) is 20.6 Å². The SMILES string of the molecule is CN(C)S(=O)(=O)N(CC(=O)NCc1cccc(F)c1)c1ccc(F)cc1. The van der Waals surface area contributed by atoms with Gasteiger partial charge in [-0.25, -0.2) is 13.1 Å². The molecule has 0 heterocycles. The number of nitrogens with one attached hydrogen (secondary N) is 1. The van der Waals surface area contributed by atoms with E-state index in [0.717, 1.165) is 20.7 Å². The van der Waals surface area contributed by atoms with Crippen LogP contribution in [-0.4, -0.2) is 39.3 Å². The van der Waals surface area contributed by atoms with Crippen molar-refractivity contribution >= 4 is 21.8 Å². The average Bonchev–Trinajstić information content (AvgIpc) is 2.58. The molecule has 0 saturated heterocycles. The lowest BCUT2D eigenvalue weighted by Crippen LogP contribution is -2.45. The number of hydrogen-bond donors (Lipinski definition) is 1. The Hall–Kier alpha value is -2.52. The maximum atomic E-state index is 13.2. The fraction of sp³-hybridized carbons (Fsp3) is 0.235. The van der Waals surface area contributed by atoms with Crippen LogP contribution in [-0.2, 0) is 21.5 Å². The van der Waals surface area contributed by atoms with Crippen molar-refractivity contribution in [1.29, 1.82) is 0 Å². The number of amides is 1. The molecule has 2 aromatic carbocycles. The molecule has 1 amide bonds. The third kappa shape index (κ3) is 4.99. The third-order valence-electron chi connectivity index (χ3n) is 3.52. The molecule has 26 heavy (non-hydrogen) atoms. The van der Waals surface area contributed by atoms with Gasteiger partial charge in [0.1, 0.15) is 18.2 Å². The zero-order chi connectivity index (χ0) is 19.3. The molecule has 1 N–H and O–H groups in total. The lowest BCUT2D eigenvalue weighted by Gasteiger charge is -2.26. The molecule has 0 saturated carbocycles. The van der Waals surface area contributed by atoms with Crippen molar-refractivity contribution in [2.24, 2.45) is 0 Å². The molecule has 6 nitrogen and oxygen atoms in total. The molecular weight excluding hydrogens is 364 g/mol. The largest absolute Gasteiger partial charge is 0.350 e.